The minimum absolute atomic E-state index is 0.0134. The van der Waals surface area contributed by atoms with Gasteiger partial charge in [-0.05, 0) is 56.4 Å². The number of aryl methyl sites for hydroxylation is 1. The number of halogens is 1. The Morgan fingerprint density at radius 3 is 2.25 bits per heavy atom. The van der Waals surface area contributed by atoms with Gasteiger partial charge >= 0.3 is 0 Å². The number of anilines is 1. The van der Waals surface area contributed by atoms with Gasteiger partial charge in [0, 0.05) is 25.6 Å². The van der Waals surface area contributed by atoms with E-state index in [0.717, 1.165) is 28.1 Å². The van der Waals surface area contributed by atoms with Gasteiger partial charge in [0.25, 0.3) is 0 Å². The highest BCUT2D eigenvalue weighted by Crippen LogP contribution is 2.23. The van der Waals surface area contributed by atoms with Gasteiger partial charge in [0.2, 0.25) is 21.8 Å². The molecule has 0 saturated carbocycles. The number of benzene rings is 2. The number of carbonyl (C=O) groups excluding carboxylic acids is 2. The van der Waals surface area contributed by atoms with E-state index in [-0.39, 0.29) is 49.5 Å². The lowest BCUT2D eigenvalue weighted by Crippen LogP contribution is -2.50. The number of hydrogen-bond acceptors (Lipinski definition) is 4. The van der Waals surface area contributed by atoms with Crippen LogP contribution in [0.4, 0.5) is 10.1 Å². The van der Waals surface area contributed by atoms with E-state index in [1.807, 2.05) is 52.0 Å². The van der Waals surface area contributed by atoms with Gasteiger partial charge in [0.1, 0.15) is 11.9 Å². The SMILES string of the molecule is CC[C@@H](C)NC(=O)[C@@H](CC)N(Cc1ccccc1C)C(=O)CCCN(c1ccccc1F)S(C)(=O)=O. The van der Waals surface area contributed by atoms with Crippen molar-refractivity contribution in [2.24, 2.45) is 0 Å². The summed E-state index contributed by atoms with van der Waals surface area (Å²) in [5.74, 6) is -1.12. The minimum Gasteiger partial charge on any atom is -0.352 e. The molecule has 2 rings (SSSR count). The van der Waals surface area contributed by atoms with Crippen molar-refractivity contribution in [3.63, 3.8) is 0 Å². The van der Waals surface area contributed by atoms with E-state index in [9.17, 15) is 22.4 Å². The highest BCUT2D eigenvalue weighted by atomic mass is 32.2. The summed E-state index contributed by atoms with van der Waals surface area (Å²) < 4.78 is 40.0. The van der Waals surface area contributed by atoms with Crippen LogP contribution in [0.5, 0.6) is 0 Å². The molecule has 0 saturated heterocycles. The minimum atomic E-state index is -3.76. The lowest BCUT2D eigenvalue weighted by molar-refractivity contribution is -0.141. The van der Waals surface area contributed by atoms with E-state index in [1.165, 1.54) is 18.2 Å². The number of nitrogens with zero attached hydrogens (tertiary/aromatic N) is 2. The Labute approximate surface area is 214 Å². The molecule has 0 aliphatic carbocycles. The zero-order valence-electron chi connectivity index (χ0n) is 21.8. The Balaban J connectivity index is 2.25. The molecule has 2 aromatic rings. The molecule has 0 aliphatic rings. The number of carbonyl (C=O) groups is 2. The molecule has 0 heterocycles. The molecule has 0 aliphatic heterocycles. The number of nitrogens with one attached hydrogen (secondary N) is 1. The van der Waals surface area contributed by atoms with Crippen molar-refractivity contribution in [1.82, 2.24) is 10.2 Å². The maximum atomic E-state index is 14.3. The molecule has 9 heteroatoms. The standard InChI is InChI=1S/C27H38FN3O4S/c1-6-21(4)29-27(33)24(7-2)30(19-22-14-9-8-13-20(22)3)26(32)17-12-18-31(36(5,34)35)25-16-11-10-15-23(25)28/h8-11,13-16,21,24H,6-7,12,17-19H2,1-5H3,(H,29,33)/t21-,24-/m1/s1. The predicted octanol–water partition coefficient (Wildman–Crippen LogP) is 4.40. The van der Waals surface area contributed by atoms with Crippen LogP contribution < -0.4 is 9.62 Å². The third kappa shape index (κ3) is 8.05. The van der Waals surface area contributed by atoms with Crippen molar-refractivity contribution in [1.29, 1.82) is 0 Å². The van der Waals surface area contributed by atoms with Crippen molar-refractivity contribution >= 4 is 27.5 Å². The third-order valence-corrected chi connectivity index (χ3v) is 7.44. The van der Waals surface area contributed by atoms with E-state index < -0.39 is 21.9 Å². The summed E-state index contributed by atoms with van der Waals surface area (Å²) in [5, 5.41) is 2.98. The van der Waals surface area contributed by atoms with Crippen molar-refractivity contribution in [2.45, 2.75) is 72.0 Å². The number of hydrogen-bond donors (Lipinski definition) is 1. The third-order valence-electron chi connectivity index (χ3n) is 6.26. The Morgan fingerprint density at radius 2 is 1.67 bits per heavy atom. The van der Waals surface area contributed by atoms with Crippen LogP contribution in [-0.4, -0.2) is 50.0 Å². The first-order valence-corrected chi connectivity index (χ1v) is 14.2. The van der Waals surface area contributed by atoms with Crippen LogP contribution in [0, 0.1) is 12.7 Å². The van der Waals surface area contributed by atoms with E-state index in [4.69, 9.17) is 0 Å². The zero-order chi connectivity index (χ0) is 26.9. The fourth-order valence-electron chi connectivity index (χ4n) is 3.97. The monoisotopic (exact) mass is 519 g/mol. The summed E-state index contributed by atoms with van der Waals surface area (Å²) in [4.78, 5) is 28.1. The lowest BCUT2D eigenvalue weighted by Gasteiger charge is -2.32. The second kappa shape index (κ2) is 13.4. The van der Waals surface area contributed by atoms with Crippen LogP contribution in [0.3, 0.4) is 0 Å². The molecule has 0 spiro atoms. The molecule has 1 N–H and O–H groups in total. The van der Waals surface area contributed by atoms with E-state index >= 15 is 0 Å². The number of sulfonamides is 1. The normalized spacial score (nSPS) is 13.1. The van der Waals surface area contributed by atoms with Crippen molar-refractivity contribution < 1.29 is 22.4 Å². The molecule has 0 unspecified atom stereocenters. The average Bonchev–Trinajstić information content (AvgIpc) is 2.82. The summed E-state index contributed by atoms with van der Waals surface area (Å²) >= 11 is 0. The Kier molecular flexibility index (Phi) is 10.9. The lowest BCUT2D eigenvalue weighted by atomic mass is 10.0. The van der Waals surface area contributed by atoms with Crippen molar-refractivity contribution in [3.05, 3.63) is 65.5 Å². The highest BCUT2D eigenvalue weighted by molar-refractivity contribution is 7.92. The van der Waals surface area contributed by atoms with Crippen LogP contribution in [0.25, 0.3) is 0 Å². The summed E-state index contributed by atoms with van der Waals surface area (Å²) in [6, 6.07) is 12.7. The number of rotatable bonds is 13. The number of amides is 2. The topological polar surface area (TPSA) is 86.8 Å². The van der Waals surface area contributed by atoms with Crippen LogP contribution in [0.1, 0.15) is 57.6 Å². The maximum Gasteiger partial charge on any atom is 0.243 e. The molecule has 0 radical (unpaired) electrons. The molecule has 7 nitrogen and oxygen atoms in total. The van der Waals surface area contributed by atoms with Gasteiger partial charge in [-0.25, -0.2) is 12.8 Å². The van der Waals surface area contributed by atoms with Crippen LogP contribution >= 0.6 is 0 Å². The van der Waals surface area contributed by atoms with Gasteiger partial charge in [-0.15, -0.1) is 0 Å². The number of para-hydroxylation sites is 1. The molecule has 2 atom stereocenters. The Hall–Kier alpha value is -2.94. The first kappa shape index (κ1) is 29.3. The molecular formula is C27H38FN3O4S. The molecule has 0 bridgehead atoms. The summed E-state index contributed by atoms with van der Waals surface area (Å²) in [5.41, 5.74) is 1.89. The average molecular weight is 520 g/mol. The first-order chi connectivity index (χ1) is 17.0. The van der Waals surface area contributed by atoms with Crippen LogP contribution in [0.15, 0.2) is 48.5 Å². The Bertz CT molecular complexity index is 1140. The second-order valence-corrected chi connectivity index (χ2v) is 11.0. The van der Waals surface area contributed by atoms with Crippen LogP contribution in [-0.2, 0) is 26.2 Å². The molecule has 0 fully saturated rings. The van der Waals surface area contributed by atoms with E-state index in [0.29, 0.717) is 6.42 Å². The quantitative estimate of drug-likeness (QED) is 0.425. The summed E-state index contributed by atoms with van der Waals surface area (Å²) in [6.07, 6.45) is 2.40. The summed E-state index contributed by atoms with van der Waals surface area (Å²) in [7, 11) is -3.76. The van der Waals surface area contributed by atoms with Gasteiger partial charge < -0.3 is 10.2 Å². The van der Waals surface area contributed by atoms with Crippen LogP contribution in [0.2, 0.25) is 0 Å². The largest absolute Gasteiger partial charge is 0.352 e. The van der Waals surface area contributed by atoms with E-state index in [2.05, 4.69) is 5.32 Å². The van der Waals surface area contributed by atoms with Gasteiger partial charge in [0.15, 0.2) is 0 Å². The highest BCUT2D eigenvalue weighted by Gasteiger charge is 2.30. The molecule has 2 amide bonds. The Morgan fingerprint density at radius 1 is 1.03 bits per heavy atom. The fourth-order valence-corrected chi connectivity index (χ4v) is 4.93. The zero-order valence-corrected chi connectivity index (χ0v) is 22.6. The van der Waals surface area contributed by atoms with Gasteiger partial charge in [-0.1, -0.05) is 50.2 Å². The predicted molar refractivity (Wildman–Crippen MR) is 142 cm³/mol. The van der Waals surface area contributed by atoms with Gasteiger partial charge in [0.05, 0.1) is 11.9 Å². The van der Waals surface area contributed by atoms with Crippen molar-refractivity contribution in [2.75, 3.05) is 17.1 Å². The molecule has 0 aromatic heterocycles. The molecule has 36 heavy (non-hydrogen) atoms. The molecular weight excluding hydrogens is 481 g/mol. The maximum absolute atomic E-state index is 14.3. The molecule has 198 valence electrons. The van der Waals surface area contributed by atoms with Crippen molar-refractivity contribution in [3.8, 4) is 0 Å². The van der Waals surface area contributed by atoms with E-state index in [1.54, 1.807) is 11.0 Å². The van der Waals surface area contributed by atoms with Gasteiger partial charge in [-0.2, -0.15) is 0 Å². The first-order valence-electron chi connectivity index (χ1n) is 12.4. The van der Waals surface area contributed by atoms with Gasteiger partial charge in [-0.3, -0.25) is 13.9 Å². The molecule has 2 aromatic carbocycles. The summed E-state index contributed by atoms with van der Waals surface area (Å²) in [6.45, 7) is 7.92. The smallest absolute Gasteiger partial charge is 0.243 e. The fraction of sp³-hybridized carbons (Fsp3) is 0.481. The second-order valence-electron chi connectivity index (χ2n) is 9.08.